The Kier molecular flexibility index (Phi) is 2.84. The number of phenols is 1. The molecule has 0 spiro atoms. The normalized spacial score (nSPS) is 11.4. The molecule has 0 bridgehead atoms. The van der Waals surface area contributed by atoms with Crippen LogP contribution in [0.15, 0.2) is 67.3 Å². The number of nitrogens with zero attached hydrogens (tertiary/aromatic N) is 4. The monoisotopic (exact) mass is 327 g/mol. The van der Waals surface area contributed by atoms with Crippen LogP contribution in [-0.2, 0) is 0 Å². The zero-order chi connectivity index (χ0) is 16.8. The van der Waals surface area contributed by atoms with E-state index in [2.05, 4.69) is 20.2 Å². The SMILES string of the molecule is Oc1ccc(-c2cnc3cnc(-c4ccc5cn[nH]c5c4)cn23)cc1. The Hall–Kier alpha value is -3.67. The van der Waals surface area contributed by atoms with Crippen molar-refractivity contribution in [1.29, 1.82) is 0 Å². The van der Waals surface area contributed by atoms with Crippen molar-refractivity contribution in [1.82, 2.24) is 24.6 Å². The second-order valence-electron chi connectivity index (χ2n) is 5.86. The van der Waals surface area contributed by atoms with Crippen LogP contribution < -0.4 is 0 Å². The second-order valence-corrected chi connectivity index (χ2v) is 5.86. The molecular weight excluding hydrogens is 314 g/mol. The lowest BCUT2D eigenvalue weighted by Crippen LogP contribution is -1.93. The van der Waals surface area contributed by atoms with Crippen LogP contribution in [0.4, 0.5) is 0 Å². The van der Waals surface area contributed by atoms with Gasteiger partial charge in [-0.1, -0.05) is 12.1 Å². The van der Waals surface area contributed by atoms with Crippen LogP contribution in [0.5, 0.6) is 5.75 Å². The first-order valence-corrected chi connectivity index (χ1v) is 7.84. The molecule has 3 aromatic heterocycles. The number of hydrogen-bond donors (Lipinski definition) is 2. The largest absolute Gasteiger partial charge is 0.508 e. The number of nitrogens with one attached hydrogen (secondary N) is 1. The molecule has 25 heavy (non-hydrogen) atoms. The Morgan fingerprint density at radius 3 is 2.60 bits per heavy atom. The predicted molar refractivity (Wildman–Crippen MR) is 95.2 cm³/mol. The smallest absolute Gasteiger partial charge is 0.155 e. The highest BCUT2D eigenvalue weighted by Gasteiger charge is 2.09. The van der Waals surface area contributed by atoms with Gasteiger partial charge in [0.1, 0.15) is 5.75 Å². The summed E-state index contributed by atoms with van der Waals surface area (Å²) >= 11 is 0. The highest BCUT2D eigenvalue weighted by Crippen LogP contribution is 2.26. The van der Waals surface area contributed by atoms with E-state index >= 15 is 0 Å². The van der Waals surface area contributed by atoms with E-state index in [0.29, 0.717) is 0 Å². The molecule has 120 valence electrons. The first-order valence-electron chi connectivity index (χ1n) is 7.84. The van der Waals surface area contributed by atoms with Crippen LogP contribution in [0.25, 0.3) is 39.1 Å². The van der Waals surface area contributed by atoms with Gasteiger partial charge >= 0.3 is 0 Å². The van der Waals surface area contributed by atoms with Crippen molar-refractivity contribution in [2.75, 3.05) is 0 Å². The van der Waals surface area contributed by atoms with Crippen LogP contribution in [0.2, 0.25) is 0 Å². The number of rotatable bonds is 2. The molecule has 5 aromatic rings. The average molecular weight is 327 g/mol. The first-order chi connectivity index (χ1) is 12.3. The van der Waals surface area contributed by atoms with Gasteiger partial charge in [-0.05, 0) is 30.3 Å². The molecule has 3 heterocycles. The van der Waals surface area contributed by atoms with E-state index in [9.17, 15) is 5.11 Å². The molecule has 0 amide bonds. The van der Waals surface area contributed by atoms with Crippen molar-refractivity contribution in [2.45, 2.75) is 0 Å². The number of H-pyrrole nitrogens is 1. The minimum atomic E-state index is 0.243. The summed E-state index contributed by atoms with van der Waals surface area (Å²) in [6.45, 7) is 0. The maximum Gasteiger partial charge on any atom is 0.155 e. The van der Waals surface area contributed by atoms with Gasteiger partial charge in [0, 0.05) is 22.7 Å². The van der Waals surface area contributed by atoms with Crippen molar-refractivity contribution < 1.29 is 5.11 Å². The molecule has 6 nitrogen and oxygen atoms in total. The fraction of sp³-hybridized carbons (Fsp3) is 0. The quantitative estimate of drug-likeness (QED) is 0.519. The highest BCUT2D eigenvalue weighted by molar-refractivity contribution is 5.83. The van der Waals surface area contributed by atoms with Gasteiger partial charge in [0.05, 0.1) is 35.5 Å². The van der Waals surface area contributed by atoms with E-state index in [1.807, 2.05) is 47.1 Å². The number of hydrogen-bond acceptors (Lipinski definition) is 4. The topological polar surface area (TPSA) is 79.1 Å². The summed E-state index contributed by atoms with van der Waals surface area (Å²) in [7, 11) is 0. The van der Waals surface area contributed by atoms with Gasteiger partial charge in [-0.25, -0.2) is 4.98 Å². The van der Waals surface area contributed by atoms with E-state index in [1.54, 1.807) is 24.5 Å². The van der Waals surface area contributed by atoms with Crippen LogP contribution in [-0.4, -0.2) is 29.7 Å². The van der Waals surface area contributed by atoms with Crippen LogP contribution in [0.3, 0.4) is 0 Å². The van der Waals surface area contributed by atoms with Crippen LogP contribution >= 0.6 is 0 Å². The van der Waals surface area contributed by atoms with E-state index in [-0.39, 0.29) is 5.75 Å². The third-order valence-electron chi connectivity index (χ3n) is 4.30. The van der Waals surface area contributed by atoms with Gasteiger partial charge in [-0.15, -0.1) is 0 Å². The van der Waals surface area contributed by atoms with Gasteiger partial charge in [-0.3, -0.25) is 14.5 Å². The number of phenolic OH excluding ortho intramolecular Hbond substituents is 1. The van der Waals surface area contributed by atoms with Gasteiger partial charge in [0.15, 0.2) is 5.65 Å². The zero-order valence-corrected chi connectivity index (χ0v) is 13.1. The Morgan fingerprint density at radius 1 is 0.880 bits per heavy atom. The first kappa shape index (κ1) is 13.7. The standard InChI is InChI=1S/C19H13N5O/c25-15-5-3-12(4-6-15)18-9-21-19-10-20-17(11-24(18)19)13-1-2-14-8-22-23-16(14)7-13/h1-11,25H,(H,22,23). The van der Waals surface area contributed by atoms with E-state index < -0.39 is 0 Å². The Bertz CT molecular complexity index is 1200. The number of imidazole rings is 1. The van der Waals surface area contributed by atoms with Crippen molar-refractivity contribution in [3.63, 3.8) is 0 Å². The Labute approximate surface area is 142 Å². The molecule has 5 rings (SSSR count). The Morgan fingerprint density at radius 2 is 1.72 bits per heavy atom. The fourth-order valence-electron chi connectivity index (χ4n) is 2.98. The summed E-state index contributed by atoms with van der Waals surface area (Å²) in [4.78, 5) is 8.95. The molecule has 0 saturated carbocycles. The maximum atomic E-state index is 9.49. The average Bonchev–Trinajstić information content (AvgIpc) is 3.28. The molecule has 0 fully saturated rings. The van der Waals surface area contributed by atoms with Gasteiger partial charge in [0.25, 0.3) is 0 Å². The summed E-state index contributed by atoms with van der Waals surface area (Å²) in [5.41, 5.74) is 5.53. The number of aromatic hydroxyl groups is 1. The molecule has 0 unspecified atom stereocenters. The summed E-state index contributed by atoms with van der Waals surface area (Å²) < 4.78 is 2.01. The van der Waals surface area contributed by atoms with Gasteiger partial charge in [0.2, 0.25) is 0 Å². The van der Waals surface area contributed by atoms with Crippen LogP contribution in [0, 0.1) is 0 Å². The van der Waals surface area contributed by atoms with Crippen molar-refractivity contribution in [3.05, 3.63) is 67.3 Å². The number of benzene rings is 2. The summed E-state index contributed by atoms with van der Waals surface area (Å²) in [5.74, 6) is 0.243. The fourth-order valence-corrected chi connectivity index (χ4v) is 2.98. The third-order valence-corrected chi connectivity index (χ3v) is 4.30. The molecule has 6 heteroatoms. The molecule has 2 N–H and O–H groups in total. The molecule has 0 atom stereocenters. The molecule has 2 aromatic carbocycles. The molecule has 0 radical (unpaired) electrons. The highest BCUT2D eigenvalue weighted by atomic mass is 16.3. The lowest BCUT2D eigenvalue weighted by molar-refractivity contribution is 0.475. The molecule has 0 aliphatic rings. The van der Waals surface area contributed by atoms with Crippen molar-refractivity contribution >= 4 is 16.6 Å². The van der Waals surface area contributed by atoms with Crippen molar-refractivity contribution in [2.24, 2.45) is 0 Å². The molecular formula is C19H13N5O. The van der Waals surface area contributed by atoms with E-state index in [4.69, 9.17) is 0 Å². The molecule has 0 aliphatic heterocycles. The lowest BCUT2D eigenvalue weighted by atomic mass is 10.1. The summed E-state index contributed by atoms with van der Waals surface area (Å²) in [6, 6.07) is 13.2. The summed E-state index contributed by atoms with van der Waals surface area (Å²) in [6.07, 6.45) is 7.35. The number of aromatic amines is 1. The summed E-state index contributed by atoms with van der Waals surface area (Å²) in [5, 5.41) is 17.6. The second kappa shape index (κ2) is 5.17. The Balaban J connectivity index is 1.67. The van der Waals surface area contributed by atoms with Crippen molar-refractivity contribution in [3.8, 4) is 28.3 Å². The molecule has 0 saturated heterocycles. The minimum Gasteiger partial charge on any atom is -0.508 e. The zero-order valence-electron chi connectivity index (χ0n) is 13.1. The van der Waals surface area contributed by atoms with Gasteiger partial charge in [-0.2, -0.15) is 5.10 Å². The molecule has 0 aliphatic carbocycles. The van der Waals surface area contributed by atoms with Crippen LogP contribution in [0.1, 0.15) is 0 Å². The third kappa shape index (κ3) is 2.23. The minimum absolute atomic E-state index is 0.243. The van der Waals surface area contributed by atoms with E-state index in [1.165, 1.54) is 0 Å². The predicted octanol–water partition coefficient (Wildman–Crippen LogP) is 3.65. The van der Waals surface area contributed by atoms with E-state index in [0.717, 1.165) is 39.1 Å². The number of fused-ring (bicyclic) bond motifs is 2. The van der Waals surface area contributed by atoms with Gasteiger partial charge < -0.3 is 5.11 Å². The maximum absolute atomic E-state index is 9.49. The lowest BCUT2D eigenvalue weighted by Gasteiger charge is -2.05. The number of aromatic nitrogens is 5.